The van der Waals surface area contributed by atoms with Crippen LogP contribution in [0.5, 0.6) is 0 Å². The van der Waals surface area contributed by atoms with Crippen LogP contribution >= 0.6 is 11.3 Å². The summed E-state index contributed by atoms with van der Waals surface area (Å²) < 4.78 is 0. The first-order chi connectivity index (χ1) is 4.24. The lowest BCUT2D eigenvalue weighted by molar-refractivity contribution is 1.26. The third-order valence-electron chi connectivity index (χ3n) is 0.915. The van der Waals surface area contributed by atoms with Crippen molar-refractivity contribution in [1.29, 1.82) is 5.26 Å². The SMILES string of the molecule is Cc1nc(N)sc1C#N. The van der Waals surface area contributed by atoms with E-state index in [1.54, 1.807) is 6.92 Å². The fourth-order valence-electron chi connectivity index (χ4n) is 0.521. The monoisotopic (exact) mass is 139 g/mol. The van der Waals surface area contributed by atoms with Crippen molar-refractivity contribution in [2.75, 3.05) is 5.73 Å². The van der Waals surface area contributed by atoms with Crippen molar-refractivity contribution in [1.82, 2.24) is 4.98 Å². The molecule has 3 nitrogen and oxygen atoms in total. The molecule has 1 heterocycles. The van der Waals surface area contributed by atoms with Crippen LogP contribution < -0.4 is 5.73 Å². The Hall–Kier alpha value is -1.08. The Morgan fingerprint density at radius 2 is 2.44 bits per heavy atom. The van der Waals surface area contributed by atoms with E-state index in [1.807, 2.05) is 6.07 Å². The molecule has 0 saturated heterocycles. The minimum atomic E-state index is 0.462. The van der Waals surface area contributed by atoms with Crippen LogP contribution in [0.1, 0.15) is 10.6 Å². The van der Waals surface area contributed by atoms with E-state index in [4.69, 9.17) is 11.0 Å². The summed E-state index contributed by atoms with van der Waals surface area (Å²) in [5, 5.41) is 8.86. The summed E-state index contributed by atoms with van der Waals surface area (Å²) in [6.45, 7) is 1.77. The largest absolute Gasteiger partial charge is 0.375 e. The van der Waals surface area contributed by atoms with Gasteiger partial charge in [-0.1, -0.05) is 11.3 Å². The van der Waals surface area contributed by atoms with Crippen molar-refractivity contribution in [2.24, 2.45) is 0 Å². The number of aryl methyl sites for hydroxylation is 1. The van der Waals surface area contributed by atoms with Gasteiger partial charge in [0.1, 0.15) is 10.9 Å². The number of nitrogen functional groups attached to an aromatic ring is 1. The fourth-order valence-corrected chi connectivity index (χ4v) is 1.15. The van der Waals surface area contributed by atoms with E-state index < -0.39 is 0 Å². The van der Waals surface area contributed by atoms with Crippen LogP contribution in [-0.2, 0) is 0 Å². The number of nitriles is 1. The van der Waals surface area contributed by atoms with E-state index in [2.05, 4.69) is 4.98 Å². The molecule has 1 rings (SSSR count). The third-order valence-corrected chi connectivity index (χ3v) is 1.81. The fraction of sp³-hybridized carbons (Fsp3) is 0.200. The van der Waals surface area contributed by atoms with Crippen LogP contribution in [-0.4, -0.2) is 4.98 Å². The molecule has 2 N–H and O–H groups in total. The molecular weight excluding hydrogens is 134 g/mol. The highest BCUT2D eigenvalue weighted by atomic mass is 32.1. The predicted molar refractivity (Wildman–Crippen MR) is 36.0 cm³/mol. The number of thiazole rings is 1. The maximum absolute atomic E-state index is 8.40. The molecule has 1 aromatic rings. The summed E-state index contributed by atoms with van der Waals surface area (Å²) in [7, 11) is 0. The molecule has 0 fully saturated rings. The van der Waals surface area contributed by atoms with E-state index in [9.17, 15) is 0 Å². The minimum Gasteiger partial charge on any atom is -0.375 e. The number of rotatable bonds is 0. The van der Waals surface area contributed by atoms with Crippen molar-refractivity contribution in [3.63, 3.8) is 0 Å². The minimum absolute atomic E-state index is 0.462. The molecule has 9 heavy (non-hydrogen) atoms. The molecule has 0 aliphatic carbocycles. The number of aromatic nitrogens is 1. The molecule has 0 aliphatic rings. The lowest BCUT2D eigenvalue weighted by Gasteiger charge is -1.74. The van der Waals surface area contributed by atoms with Gasteiger partial charge in [-0.3, -0.25) is 0 Å². The van der Waals surface area contributed by atoms with Crippen LogP contribution in [0.15, 0.2) is 0 Å². The van der Waals surface area contributed by atoms with Gasteiger partial charge >= 0.3 is 0 Å². The molecule has 0 aromatic carbocycles. The first-order valence-corrected chi connectivity index (χ1v) is 3.18. The molecular formula is C5H5N3S. The standard InChI is InChI=1S/C5H5N3S/c1-3-4(2-6)9-5(7)8-3/h1H3,(H2,7,8). The zero-order valence-electron chi connectivity index (χ0n) is 4.88. The first-order valence-electron chi connectivity index (χ1n) is 2.37. The van der Waals surface area contributed by atoms with Crippen molar-refractivity contribution in [2.45, 2.75) is 6.92 Å². The Labute approximate surface area is 56.8 Å². The van der Waals surface area contributed by atoms with E-state index in [1.165, 1.54) is 11.3 Å². The van der Waals surface area contributed by atoms with Crippen LogP contribution in [0.25, 0.3) is 0 Å². The number of anilines is 1. The van der Waals surface area contributed by atoms with Gasteiger partial charge in [-0.25, -0.2) is 4.98 Å². The Morgan fingerprint density at radius 1 is 1.78 bits per heavy atom. The Balaban J connectivity index is 3.20. The van der Waals surface area contributed by atoms with Gasteiger partial charge < -0.3 is 5.73 Å². The van der Waals surface area contributed by atoms with E-state index in [0.717, 1.165) is 5.69 Å². The second-order valence-electron chi connectivity index (χ2n) is 1.58. The molecule has 4 heteroatoms. The topological polar surface area (TPSA) is 62.7 Å². The van der Waals surface area contributed by atoms with Gasteiger partial charge in [0, 0.05) is 0 Å². The molecule has 0 bridgehead atoms. The van der Waals surface area contributed by atoms with Crippen molar-refractivity contribution < 1.29 is 0 Å². The van der Waals surface area contributed by atoms with Crippen LogP contribution in [0.2, 0.25) is 0 Å². The lowest BCUT2D eigenvalue weighted by Crippen LogP contribution is -1.80. The highest BCUT2D eigenvalue weighted by Crippen LogP contribution is 2.17. The predicted octanol–water partition coefficient (Wildman–Crippen LogP) is 0.905. The molecule has 46 valence electrons. The average molecular weight is 139 g/mol. The molecule has 0 radical (unpaired) electrons. The molecule has 0 aliphatic heterocycles. The number of nitrogens with zero attached hydrogens (tertiary/aromatic N) is 2. The van der Waals surface area contributed by atoms with Gasteiger partial charge in [0.15, 0.2) is 5.13 Å². The second kappa shape index (κ2) is 2.03. The normalized spacial score (nSPS) is 8.89. The second-order valence-corrected chi connectivity index (χ2v) is 2.61. The summed E-state index contributed by atoms with van der Waals surface area (Å²) in [6, 6.07) is 1.99. The van der Waals surface area contributed by atoms with Gasteiger partial charge in [-0.2, -0.15) is 5.26 Å². The highest BCUT2D eigenvalue weighted by Gasteiger charge is 2.01. The van der Waals surface area contributed by atoms with Crippen molar-refractivity contribution in [3.05, 3.63) is 10.6 Å². The summed E-state index contributed by atoms with van der Waals surface area (Å²) in [5.41, 5.74) is 6.03. The zero-order chi connectivity index (χ0) is 6.85. The Kier molecular flexibility index (Phi) is 1.37. The molecule has 0 saturated carbocycles. The van der Waals surface area contributed by atoms with E-state index in [-0.39, 0.29) is 0 Å². The maximum atomic E-state index is 8.40. The maximum Gasteiger partial charge on any atom is 0.181 e. The quantitative estimate of drug-likeness (QED) is 0.581. The summed E-state index contributed by atoms with van der Waals surface area (Å²) in [5.74, 6) is 0. The molecule has 0 atom stereocenters. The number of hydrogen-bond donors (Lipinski definition) is 1. The van der Waals surface area contributed by atoms with Crippen molar-refractivity contribution in [3.8, 4) is 6.07 Å². The molecule has 0 unspecified atom stereocenters. The number of nitrogens with two attached hydrogens (primary N) is 1. The summed E-state index contributed by atoms with van der Waals surface area (Å²) in [6.07, 6.45) is 0. The van der Waals surface area contributed by atoms with Crippen molar-refractivity contribution >= 4 is 16.5 Å². The summed E-state index contributed by atoms with van der Waals surface area (Å²) in [4.78, 5) is 4.46. The van der Waals surface area contributed by atoms with Crippen LogP contribution in [0.3, 0.4) is 0 Å². The van der Waals surface area contributed by atoms with Crippen LogP contribution in [0, 0.1) is 18.3 Å². The van der Waals surface area contributed by atoms with E-state index in [0.29, 0.717) is 10.0 Å². The first kappa shape index (κ1) is 6.05. The molecule has 0 spiro atoms. The lowest BCUT2D eigenvalue weighted by atomic mass is 10.4. The summed E-state index contributed by atoms with van der Waals surface area (Å²) >= 11 is 1.22. The molecule has 0 amide bonds. The van der Waals surface area contributed by atoms with Gasteiger partial charge in [0.25, 0.3) is 0 Å². The molecule has 1 aromatic heterocycles. The van der Waals surface area contributed by atoms with Crippen LogP contribution in [0.4, 0.5) is 5.13 Å². The zero-order valence-corrected chi connectivity index (χ0v) is 5.70. The highest BCUT2D eigenvalue weighted by molar-refractivity contribution is 7.16. The van der Waals surface area contributed by atoms with Gasteiger partial charge in [-0.05, 0) is 6.92 Å². The average Bonchev–Trinajstić information content (AvgIpc) is 2.10. The van der Waals surface area contributed by atoms with Gasteiger partial charge in [0.2, 0.25) is 0 Å². The third kappa shape index (κ3) is 1.00. The smallest absolute Gasteiger partial charge is 0.181 e. The number of hydrogen-bond acceptors (Lipinski definition) is 4. The van der Waals surface area contributed by atoms with E-state index >= 15 is 0 Å². The Bertz CT molecular complexity index is 258. The van der Waals surface area contributed by atoms with Gasteiger partial charge in [0.05, 0.1) is 5.69 Å². The van der Waals surface area contributed by atoms with Gasteiger partial charge in [-0.15, -0.1) is 0 Å². The Morgan fingerprint density at radius 3 is 2.67 bits per heavy atom.